The number of aromatic amines is 1. The van der Waals surface area contributed by atoms with Gasteiger partial charge in [0, 0.05) is 36.2 Å². The van der Waals surface area contributed by atoms with Gasteiger partial charge in [-0.05, 0) is 19.1 Å². The van der Waals surface area contributed by atoms with Gasteiger partial charge in [0.05, 0.1) is 11.4 Å². The van der Waals surface area contributed by atoms with E-state index < -0.39 is 0 Å². The summed E-state index contributed by atoms with van der Waals surface area (Å²) in [7, 11) is 0. The number of fused-ring (bicyclic) bond motifs is 2. The molecule has 0 amide bonds. The van der Waals surface area contributed by atoms with E-state index in [-0.39, 0.29) is 6.04 Å². The quantitative estimate of drug-likeness (QED) is 0.546. The van der Waals surface area contributed by atoms with Gasteiger partial charge in [0.2, 0.25) is 0 Å². The largest absolute Gasteiger partial charge is 0.363 e. The van der Waals surface area contributed by atoms with E-state index in [0.29, 0.717) is 16.9 Å². The van der Waals surface area contributed by atoms with Crippen LogP contribution in [0.3, 0.4) is 0 Å². The summed E-state index contributed by atoms with van der Waals surface area (Å²) in [5.74, 6) is 0. The van der Waals surface area contributed by atoms with Crippen LogP contribution in [0.25, 0.3) is 11.0 Å². The number of nitrogens with one attached hydrogen (secondary N) is 1. The lowest BCUT2D eigenvalue weighted by Gasteiger charge is -2.36. The van der Waals surface area contributed by atoms with Crippen LogP contribution < -0.4 is 4.90 Å². The third-order valence-electron chi connectivity index (χ3n) is 4.12. The molecule has 0 aromatic carbocycles. The molecule has 0 aliphatic carbocycles. The highest BCUT2D eigenvalue weighted by Crippen LogP contribution is 2.35. The van der Waals surface area contributed by atoms with Gasteiger partial charge in [0.25, 0.3) is 0 Å². The number of nitrogens with zero attached hydrogens (tertiary/aromatic N) is 4. The molecule has 5 nitrogen and oxygen atoms in total. The first-order valence-electron chi connectivity index (χ1n) is 7.02. The minimum absolute atomic E-state index is 0.287. The molecule has 0 bridgehead atoms. The molecule has 22 heavy (non-hydrogen) atoms. The number of halogens is 2. The normalized spacial score (nSPS) is 17.8. The van der Waals surface area contributed by atoms with Crippen LogP contribution >= 0.6 is 23.2 Å². The lowest BCUT2D eigenvalue weighted by Crippen LogP contribution is -2.39. The molecular formula is C15H13Cl2N5. The van der Waals surface area contributed by atoms with Crippen molar-refractivity contribution < 1.29 is 0 Å². The van der Waals surface area contributed by atoms with Gasteiger partial charge < -0.3 is 9.88 Å². The second-order valence-corrected chi connectivity index (χ2v) is 6.22. The Labute approximate surface area is 137 Å². The lowest BCUT2D eigenvalue weighted by molar-refractivity contribution is 0.580. The van der Waals surface area contributed by atoms with Crippen LogP contribution in [0.1, 0.15) is 18.2 Å². The van der Waals surface area contributed by atoms with Crippen LogP contribution in [0, 0.1) is 0 Å². The average Bonchev–Trinajstić information content (AvgIpc) is 2.94. The fourth-order valence-electron chi connectivity index (χ4n) is 3.02. The highest BCUT2D eigenvalue weighted by molar-refractivity contribution is 6.30. The molecule has 0 saturated carbocycles. The van der Waals surface area contributed by atoms with Crippen molar-refractivity contribution in [3.8, 4) is 0 Å². The van der Waals surface area contributed by atoms with Gasteiger partial charge in [-0.25, -0.2) is 15.0 Å². The van der Waals surface area contributed by atoms with Crippen LogP contribution in [-0.4, -0.2) is 26.0 Å². The molecule has 4 heterocycles. The van der Waals surface area contributed by atoms with Gasteiger partial charge in [-0.15, -0.1) is 0 Å². The van der Waals surface area contributed by atoms with E-state index in [4.69, 9.17) is 23.2 Å². The maximum atomic E-state index is 6.25. The molecule has 3 aromatic rings. The van der Waals surface area contributed by atoms with Crippen molar-refractivity contribution in [3.05, 3.63) is 46.2 Å². The number of anilines is 1. The van der Waals surface area contributed by atoms with Crippen molar-refractivity contribution in [3.63, 3.8) is 0 Å². The van der Waals surface area contributed by atoms with Crippen molar-refractivity contribution >= 4 is 39.9 Å². The van der Waals surface area contributed by atoms with Gasteiger partial charge in [-0.3, -0.25) is 0 Å². The van der Waals surface area contributed by atoms with Gasteiger partial charge >= 0.3 is 0 Å². The summed E-state index contributed by atoms with van der Waals surface area (Å²) in [5.41, 5.74) is 3.85. The van der Waals surface area contributed by atoms with Crippen LogP contribution in [-0.2, 0) is 13.0 Å². The Morgan fingerprint density at radius 3 is 3.05 bits per heavy atom. The molecule has 0 radical (unpaired) electrons. The molecule has 1 atom stereocenters. The SMILES string of the molecule is C[C@@H]1Cc2ncnc(Cl)c2CN1c1cc(Cl)nc2[nH]ccc12. The first kappa shape index (κ1) is 13.8. The third-order valence-corrected chi connectivity index (χ3v) is 4.64. The van der Waals surface area contributed by atoms with E-state index in [0.717, 1.165) is 34.4 Å². The highest BCUT2D eigenvalue weighted by Gasteiger charge is 2.27. The van der Waals surface area contributed by atoms with Crippen LogP contribution in [0.4, 0.5) is 5.69 Å². The zero-order valence-corrected chi connectivity index (χ0v) is 13.4. The fraction of sp³-hybridized carbons (Fsp3) is 0.267. The number of pyridine rings is 1. The van der Waals surface area contributed by atoms with Crippen molar-refractivity contribution in [2.45, 2.75) is 25.9 Å². The Hall–Kier alpha value is -1.85. The highest BCUT2D eigenvalue weighted by atomic mass is 35.5. The van der Waals surface area contributed by atoms with Crippen molar-refractivity contribution in [2.75, 3.05) is 4.90 Å². The Morgan fingerprint density at radius 1 is 1.32 bits per heavy atom. The first-order valence-corrected chi connectivity index (χ1v) is 7.77. The van der Waals surface area contributed by atoms with Crippen molar-refractivity contribution in [2.24, 2.45) is 0 Å². The summed E-state index contributed by atoms with van der Waals surface area (Å²) in [6.45, 7) is 2.84. The van der Waals surface area contributed by atoms with E-state index in [9.17, 15) is 0 Å². The summed E-state index contributed by atoms with van der Waals surface area (Å²) in [5, 5.41) is 2.04. The number of rotatable bonds is 1. The first-order chi connectivity index (χ1) is 10.6. The Morgan fingerprint density at radius 2 is 2.18 bits per heavy atom. The molecule has 0 unspecified atom stereocenters. The molecular weight excluding hydrogens is 321 g/mol. The van der Waals surface area contributed by atoms with E-state index in [1.54, 1.807) is 0 Å². The molecule has 4 rings (SSSR count). The second kappa shape index (κ2) is 5.11. The Balaban J connectivity index is 1.85. The monoisotopic (exact) mass is 333 g/mol. The summed E-state index contributed by atoms with van der Waals surface area (Å²) < 4.78 is 0. The fourth-order valence-corrected chi connectivity index (χ4v) is 3.42. The molecule has 1 N–H and O–H groups in total. The third kappa shape index (κ3) is 2.12. The summed E-state index contributed by atoms with van der Waals surface area (Å²) in [6.07, 6.45) is 4.22. The maximum Gasteiger partial charge on any atom is 0.141 e. The smallest absolute Gasteiger partial charge is 0.141 e. The predicted octanol–water partition coefficient (Wildman–Crippen LogP) is 3.61. The molecule has 3 aromatic heterocycles. The minimum Gasteiger partial charge on any atom is -0.363 e. The molecule has 0 fully saturated rings. The number of H-pyrrole nitrogens is 1. The summed E-state index contributed by atoms with van der Waals surface area (Å²) >= 11 is 12.4. The van der Waals surface area contributed by atoms with Gasteiger partial charge in [-0.2, -0.15) is 0 Å². The molecule has 1 aliphatic rings. The molecule has 112 valence electrons. The summed E-state index contributed by atoms with van der Waals surface area (Å²) in [6, 6.07) is 4.20. The average molecular weight is 334 g/mol. The lowest BCUT2D eigenvalue weighted by atomic mass is 10.00. The van der Waals surface area contributed by atoms with Crippen molar-refractivity contribution in [1.82, 2.24) is 19.9 Å². The maximum absolute atomic E-state index is 6.25. The number of aromatic nitrogens is 4. The summed E-state index contributed by atoms with van der Waals surface area (Å²) in [4.78, 5) is 18.2. The van der Waals surface area contributed by atoms with E-state index in [2.05, 4.69) is 31.8 Å². The van der Waals surface area contributed by atoms with E-state index in [1.165, 1.54) is 6.33 Å². The van der Waals surface area contributed by atoms with E-state index >= 15 is 0 Å². The van der Waals surface area contributed by atoms with Crippen LogP contribution in [0.5, 0.6) is 0 Å². The van der Waals surface area contributed by atoms with Crippen LogP contribution in [0.15, 0.2) is 24.7 Å². The van der Waals surface area contributed by atoms with Gasteiger partial charge in [0.15, 0.2) is 0 Å². The molecule has 0 spiro atoms. The standard InChI is InChI=1S/C15H13Cl2N5/c1-8-4-11-10(14(17)20-7-19-11)6-22(8)12-5-13(16)21-15-9(12)2-3-18-15/h2-3,5,7-8H,4,6H2,1H3,(H,18,21)/t8-/m1/s1. The van der Waals surface area contributed by atoms with Gasteiger partial charge in [-0.1, -0.05) is 23.2 Å². The minimum atomic E-state index is 0.287. The number of hydrogen-bond donors (Lipinski definition) is 1. The van der Waals surface area contributed by atoms with Crippen LogP contribution in [0.2, 0.25) is 10.3 Å². The zero-order valence-electron chi connectivity index (χ0n) is 11.8. The topological polar surface area (TPSA) is 57.7 Å². The predicted molar refractivity (Wildman–Crippen MR) is 87.5 cm³/mol. The molecule has 1 aliphatic heterocycles. The zero-order chi connectivity index (χ0) is 15.3. The Bertz CT molecular complexity index is 860. The van der Waals surface area contributed by atoms with Gasteiger partial charge in [0.1, 0.15) is 22.3 Å². The Kier molecular flexibility index (Phi) is 3.20. The second-order valence-electron chi connectivity index (χ2n) is 5.47. The van der Waals surface area contributed by atoms with Crippen molar-refractivity contribution in [1.29, 1.82) is 0 Å². The number of hydrogen-bond acceptors (Lipinski definition) is 4. The molecule has 7 heteroatoms. The molecule has 0 saturated heterocycles. The van der Waals surface area contributed by atoms with E-state index in [1.807, 2.05) is 18.3 Å².